The van der Waals surface area contributed by atoms with E-state index in [-0.39, 0.29) is 11.9 Å². The van der Waals surface area contributed by atoms with Gasteiger partial charge < -0.3 is 5.32 Å². The largest absolute Gasteiger partial charge is 0.376 e. The van der Waals surface area contributed by atoms with Crippen molar-refractivity contribution >= 4 is 5.69 Å². The Morgan fingerprint density at radius 3 is 2.40 bits per heavy atom. The van der Waals surface area contributed by atoms with E-state index in [1.54, 1.807) is 6.07 Å². The lowest BCUT2D eigenvalue weighted by atomic mass is 9.99. The molecule has 2 nitrogen and oxygen atoms in total. The van der Waals surface area contributed by atoms with Crippen molar-refractivity contribution < 1.29 is 4.39 Å². The molecule has 1 unspecified atom stereocenters. The van der Waals surface area contributed by atoms with Crippen LogP contribution in [0, 0.1) is 33.5 Å². The third-order valence-electron chi connectivity index (χ3n) is 3.60. The first-order chi connectivity index (χ1) is 9.40. The number of pyridine rings is 1. The van der Waals surface area contributed by atoms with Gasteiger partial charge in [-0.15, -0.1) is 0 Å². The smallest absolute Gasteiger partial charge is 0.146 e. The van der Waals surface area contributed by atoms with Gasteiger partial charge in [-0.1, -0.05) is 12.1 Å². The molecule has 0 amide bonds. The van der Waals surface area contributed by atoms with Crippen molar-refractivity contribution in [3.05, 3.63) is 58.2 Å². The number of halogens is 1. The Kier molecular flexibility index (Phi) is 4.07. The first-order valence-corrected chi connectivity index (χ1v) is 6.86. The van der Waals surface area contributed by atoms with Crippen LogP contribution in [-0.4, -0.2) is 4.98 Å². The van der Waals surface area contributed by atoms with E-state index >= 15 is 0 Å². The number of benzene rings is 1. The molecular formula is C17H21FN2. The van der Waals surface area contributed by atoms with Gasteiger partial charge in [0.05, 0.1) is 11.7 Å². The van der Waals surface area contributed by atoms with E-state index in [1.165, 1.54) is 11.6 Å². The van der Waals surface area contributed by atoms with Gasteiger partial charge >= 0.3 is 0 Å². The van der Waals surface area contributed by atoms with Gasteiger partial charge in [0.15, 0.2) is 0 Å². The van der Waals surface area contributed by atoms with Gasteiger partial charge in [0, 0.05) is 11.4 Å². The second-order valence-electron chi connectivity index (χ2n) is 5.38. The molecule has 2 rings (SSSR count). The van der Waals surface area contributed by atoms with Crippen LogP contribution in [0.15, 0.2) is 24.3 Å². The normalized spacial score (nSPS) is 12.3. The summed E-state index contributed by atoms with van der Waals surface area (Å²) in [6, 6.07) is 7.19. The maximum absolute atomic E-state index is 13.9. The van der Waals surface area contributed by atoms with Gasteiger partial charge in [-0.3, -0.25) is 4.98 Å². The topological polar surface area (TPSA) is 24.9 Å². The Bertz CT molecular complexity index is 592. The van der Waals surface area contributed by atoms with Gasteiger partial charge in [0.25, 0.3) is 0 Å². The summed E-state index contributed by atoms with van der Waals surface area (Å²) >= 11 is 0. The van der Waals surface area contributed by atoms with Crippen molar-refractivity contribution in [3.8, 4) is 0 Å². The van der Waals surface area contributed by atoms with Crippen LogP contribution in [0.1, 0.15) is 41.0 Å². The molecule has 0 saturated heterocycles. The number of aryl methyl sites for hydroxylation is 4. The third-order valence-corrected chi connectivity index (χ3v) is 3.60. The molecule has 2 aromatic rings. The molecule has 106 valence electrons. The number of aromatic nitrogens is 1. The molecule has 3 heteroatoms. The standard InChI is InChI=1S/C17H21FN2/c1-10-7-6-8-15(18)17(10)20-14(5)16-11(2)9-12(3)19-13(16)4/h6-9,14,20H,1-5H3. The number of hydrogen-bond donors (Lipinski definition) is 1. The van der Waals surface area contributed by atoms with Crippen LogP contribution in [0.3, 0.4) is 0 Å². The molecule has 0 spiro atoms. The summed E-state index contributed by atoms with van der Waals surface area (Å²) in [6.07, 6.45) is 0. The third kappa shape index (κ3) is 2.82. The number of hydrogen-bond acceptors (Lipinski definition) is 2. The molecule has 0 aliphatic rings. The highest BCUT2D eigenvalue weighted by Gasteiger charge is 2.15. The quantitative estimate of drug-likeness (QED) is 0.881. The Labute approximate surface area is 120 Å². The predicted molar refractivity (Wildman–Crippen MR) is 81.6 cm³/mol. The summed E-state index contributed by atoms with van der Waals surface area (Å²) in [5.41, 5.74) is 5.81. The SMILES string of the molecule is Cc1cc(C)c(C(C)Nc2c(C)cccc2F)c(C)n1. The number of anilines is 1. The first-order valence-electron chi connectivity index (χ1n) is 6.86. The van der Waals surface area contributed by atoms with Crippen molar-refractivity contribution in [2.24, 2.45) is 0 Å². The Morgan fingerprint density at radius 1 is 1.10 bits per heavy atom. The summed E-state index contributed by atoms with van der Waals surface area (Å²) in [6.45, 7) is 10.0. The predicted octanol–water partition coefficient (Wildman–Crippen LogP) is 4.63. The van der Waals surface area contributed by atoms with Crippen LogP contribution in [0.5, 0.6) is 0 Å². The van der Waals surface area contributed by atoms with Crippen molar-refractivity contribution in [1.82, 2.24) is 4.98 Å². The number of para-hydroxylation sites is 1. The fraction of sp³-hybridized carbons (Fsp3) is 0.353. The maximum atomic E-state index is 13.9. The Balaban J connectivity index is 2.36. The molecule has 0 saturated carbocycles. The fourth-order valence-corrected chi connectivity index (χ4v) is 2.79. The Morgan fingerprint density at radius 2 is 1.80 bits per heavy atom. The van der Waals surface area contributed by atoms with Gasteiger partial charge in [-0.25, -0.2) is 4.39 Å². The maximum Gasteiger partial charge on any atom is 0.146 e. The zero-order chi connectivity index (χ0) is 14.9. The first kappa shape index (κ1) is 14.5. The lowest BCUT2D eigenvalue weighted by Gasteiger charge is -2.21. The highest BCUT2D eigenvalue weighted by atomic mass is 19.1. The highest BCUT2D eigenvalue weighted by molar-refractivity contribution is 5.54. The molecular weight excluding hydrogens is 251 g/mol. The second-order valence-corrected chi connectivity index (χ2v) is 5.38. The van der Waals surface area contributed by atoms with Crippen LogP contribution in [0.25, 0.3) is 0 Å². The molecule has 0 radical (unpaired) electrons. The lowest BCUT2D eigenvalue weighted by molar-refractivity contribution is 0.626. The van der Waals surface area contributed by atoms with E-state index in [1.807, 2.05) is 33.8 Å². The van der Waals surface area contributed by atoms with Gasteiger partial charge in [-0.05, 0) is 63.4 Å². The van der Waals surface area contributed by atoms with E-state index in [2.05, 4.69) is 23.3 Å². The second kappa shape index (κ2) is 5.61. The average Bonchev–Trinajstić information content (AvgIpc) is 2.32. The van der Waals surface area contributed by atoms with Crippen molar-refractivity contribution in [3.63, 3.8) is 0 Å². The van der Waals surface area contributed by atoms with Crippen LogP contribution in [0.2, 0.25) is 0 Å². The molecule has 20 heavy (non-hydrogen) atoms. The van der Waals surface area contributed by atoms with Crippen molar-refractivity contribution in [1.29, 1.82) is 0 Å². The van der Waals surface area contributed by atoms with E-state index in [4.69, 9.17) is 0 Å². The molecule has 1 N–H and O–H groups in total. The van der Waals surface area contributed by atoms with Gasteiger partial charge in [0.1, 0.15) is 5.82 Å². The minimum absolute atomic E-state index is 0.0127. The minimum Gasteiger partial charge on any atom is -0.376 e. The molecule has 1 aromatic heterocycles. The number of rotatable bonds is 3. The van der Waals surface area contributed by atoms with E-state index in [9.17, 15) is 4.39 Å². The molecule has 1 atom stereocenters. The molecule has 0 aliphatic carbocycles. The zero-order valence-electron chi connectivity index (χ0n) is 12.7. The summed E-state index contributed by atoms with van der Waals surface area (Å²) in [5, 5.41) is 3.28. The van der Waals surface area contributed by atoms with Crippen LogP contribution in [0.4, 0.5) is 10.1 Å². The van der Waals surface area contributed by atoms with Crippen molar-refractivity contribution in [2.75, 3.05) is 5.32 Å². The number of nitrogens with zero attached hydrogens (tertiary/aromatic N) is 1. The summed E-state index contributed by atoms with van der Waals surface area (Å²) in [5.74, 6) is -0.216. The lowest BCUT2D eigenvalue weighted by Crippen LogP contribution is -2.13. The van der Waals surface area contributed by atoms with Crippen LogP contribution in [-0.2, 0) is 0 Å². The molecule has 0 aliphatic heterocycles. The zero-order valence-corrected chi connectivity index (χ0v) is 12.7. The monoisotopic (exact) mass is 272 g/mol. The summed E-state index contributed by atoms with van der Waals surface area (Å²) < 4.78 is 13.9. The fourth-order valence-electron chi connectivity index (χ4n) is 2.79. The van der Waals surface area contributed by atoms with Crippen molar-refractivity contribution in [2.45, 2.75) is 40.7 Å². The summed E-state index contributed by atoms with van der Waals surface area (Å²) in [7, 11) is 0. The molecule has 0 fully saturated rings. The molecule has 1 aromatic carbocycles. The van der Waals surface area contributed by atoms with Crippen LogP contribution >= 0.6 is 0 Å². The molecule has 1 heterocycles. The van der Waals surface area contributed by atoms with Crippen LogP contribution < -0.4 is 5.32 Å². The highest BCUT2D eigenvalue weighted by Crippen LogP contribution is 2.28. The summed E-state index contributed by atoms with van der Waals surface area (Å²) in [4.78, 5) is 4.51. The Hall–Kier alpha value is -1.90. The molecule has 0 bridgehead atoms. The number of nitrogens with one attached hydrogen (secondary N) is 1. The van der Waals surface area contributed by atoms with E-state index in [0.717, 1.165) is 22.5 Å². The van der Waals surface area contributed by atoms with Gasteiger partial charge in [-0.2, -0.15) is 0 Å². The van der Waals surface area contributed by atoms with E-state index < -0.39 is 0 Å². The average molecular weight is 272 g/mol. The van der Waals surface area contributed by atoms with E-state index in [0.29, 0.717) is 5.69 Å². The van der Waals surface area contributed by atoms with Gasteiger partial charge in [0.2, 0.25) is 0 Å². The minimum atomic E-state index is -0.216.